The van der Waals surface area contributed by atoms with Crippen molar-refractivity contribution in [2.75, 3.05) is 0 Å². The Balaban J connectivity index is 1.65. The van der Waals surface area contributed by atoms with Gasteiger partial charge in [-0.15, -0.1) is 0 Å². The van der Waals surface area contributed by atoms with Crippen molar-refractivity contribution in [2.24, 2.45) is 28.6 Å². The predicted octanol–water partition coefficient (Wildman–Crippen LogP) is 3.45. The first-order valence-electron chi connectivity index (χ1n) is 9.72. The molecular formula is C19H29FO5S. The highest BCUT2D eigenvalue weighted by atomic mass is 32.3. The molecule has 0 spiro atoms. The van der Waals surface area contributed by atoms with E-state index in [0.717, 1.165) is 32.1 Å². The Morgan fingerprint density at radius 2 is 1.96 bits per heavy atom. The lowest BCUT2D eigenvalue weighted by atomic mass is 9.48. The number of allylic oxidation sites excluding steroid dienone is 1. The SMILES string of the molecule is C[C@]12CC[C@H]3[C@@H](CC=C4C[C@@H](O)CC[C@@]43C)[C@@H]1C[C@@H](F)[C@@H]2OS(=O)(=O)O. The van der Waals surface area contributed by atoms with Crippen molar-refractivity contribution in [3.63, 3.8) is 0 Å². The number of aliphatic hydroxyl groups is 1. The van der Waals surface area contributed by atoms with Gasteiger partial charge in [0.15, 0.2) is 0 Å². The topological polar surface area (TPSA) is 83.8 Å². The summed E-state index contributed by atoms with van der Waals surface area (Å²) in [5, 5.41) is 10.0. The maximum Gasteiger partial charge on any atom is 0.397 e. The molecule has 0 unspecified atom stereocenters. The molecule has 0 saturated heterocycles. The summed E-state index contributed by atoms with van der Waals surface area (Å²) in [6, 6.07) is 0. The highest BCUT2D eigenvalue weighted by Crippen LogP contribution is 2.65. The normalized spacial score (nSPS) is 51.2. The second-order valence-electron chi connectivity index (χ2n) is 9.40. The van der Waals surface area contributed by atoms with Crippen LogP contribution in [0.5, 0.6) is 0 Å². The molecule has 2 N–H and O–H groups in total. The standard InChI is InChI=1S/C19H29FO5S/c1-18-7-5-12(21)9-11(18)3-4-13-14(18)6-8-19(2)15(13)10-16(20)17(19)25-26(22,23)24/h3,12-17,21H,4-10H2,1-2H3,(H,22,23,24)/t12-,13+,14-,15-,16+,17-,18-,19-/m0/s1. The zero-order chi connectivity index (χ0) is 18.9. The summed E-state index contributed by atoms with van der Waals surface area (Å²) >= 11 is 0. The van der Waals surface area contributed by atoms with Crippen LogP contribution >= 0.6 is 0 Å². The molecule has 0 aromatic carbocycles. The Hall–Kier alpha value is -0.500. The van der Waals surface area contributed by atoms with Crippen molar-refractivity contribution < 1.29 is 26.7 Å². The monoisotopic (exact) mass is 388 g/mol. The molecule has 3 saturated carbocycles. The summed E-state index contributed by atoms with van der Waals surface area (Å²) in [6.45, 7) is 4.22. The minimum Gasteiger partial charge on any atom is -0.393 e. The fraction of sp³-hybridized carbons (Fsp3) is 0.895. The number of hydrogen-bond acceptors (Lipinski definition) is 4. The molecule has 0 aromatic heterocycles. The first-order valence-corrected chi connectivity index (χ1v) is 11.1. The van der Waals surface area contributed by atoms with Gasteiger partial charge in [-0.1, -0.05) is 25.5 Å². The van der Waals surface area contributed by atoms with E-state index in [4.69, 9.17) is 8.74 Å². The molecule has 4 aliphatic rings. The Labute approximate surface area is 155 Å². The van der Waals surface area contributed by atoms with Crippen LogP contribution in [0.3, 0.4) is 0 Å². The Morgan fingerprint density at radius 1 is 1.23 bits per heavy atom. The van der Waals surface area contributed by atoms with Crippen molar-refractivity contribution in [1.82, 2.24) is 0 Å². The van der Waals surface area contributed by atoms with E-state index >= 15 is 0 Å². The zero-order valence-electron chi connectivity index (χ0n) is 15.4. The van der Waals surface area contributed by atoms with E-state index in [0.29, 0.717) is 24.7 Å². The van der Waals surface area contributed by atoms with Crippen LogP contribution in [-0.4, -0.2) is 36.5 Å². The molecular weight excluding hydrogens is 359 g/mol. The quantitative estimate of drug-likeness (QED) is 0.559. The second-order valence-corrected chi connectivity index (χ2v) is 10.4. The van der Waals surface area contributed by atoms with Crippen LogP contribution in [0.15, 0.2) is 11.6 Å². The average molecular weight is 389 g/mol. The van der Waals surface area contributed by atoms with E-state index in [9.17, 15) is 17.9 Å². The van der Waals surface area contributed by atoms with E-state index < -0.39 is 28.1 Å². The molecule has 8 atom stereocenters. The molecule has 26 heavy (non-hydrogen) atoms. The van der Waals surface area contributed by atoms with Crippen molar-refractivity contribution in [3.8, 4) is 0 Å². The van der Waals surface area contributed by atoms with E-state index in [1.807, 2.05) is 6.92 Å². The number of hydrogen-bond donors (Lipinski definition) is 2. The van der Waals surface area contributed by atoms with Crippen molar-refractivity contribution in [3.05, 3.63) is 11.6 Å². The lowest BCUT2D eigenvalue weighted by molar-refractivity contribution is -0.0693. The zero-order valence-corrected chi connectivity index (χ0v) is 16.2. The van der Waals surface area contributed by atoms with E-state index in [1.54, 1.807) is 0 Å². The minimum atomic E-state index is -4.68. The summed E-state index contributed by atoms with van der Waals surface area (Å²) in [5.41, 5.74) is 0.824. The predicted molar refractivity (Wildman–Crippen MR) is 94.4 cm³/mol. The van der Waals surface area contributed by atoms with Crippen LogP contribution in [0.1, 0.15) is 58.8 Å². The fourth-order valence-electron chi connectivity index (χ4n) is 6.87. The third kappa shape index (κ3) is 2.77. The Kier molecular flexibility index (Phi) is 4.35. The Morgan fingerprint density at radius 3 is 2.65 bits per heavy atom. The van der Waals surface area contributed by atoms with Crippen molar-refractivity contribution >= 4 is 10.4 Å². The van der Waals surface area contributed by atoms with Gasteiger partial charge >= 0.3 is 10.4 Å². The summed E-state index contributed by atoms with van der Waals surface area (Å²) < 4.78 is 51.1. The largest absolute Gasteiger partial charge is 0.397 e. The number of fused-ring (bicyclic) bond motifs is 5. The molecule has 0 bridgehead atoms. The van der Waals surface area contributed by atoms with Gasteiger partial charge in [0.25, 0.3) is 0 Å². The van der Waals surface area contributed by atoms with Gasteiger partial charge in [-0.3, -0.25) is 4.55 Å². The molecule has 0 aliphatic heterocycles. The maximum atomic E-state index is 14.8. The van der Waals surface area contributed by atoms with Gasteiger partial charge in [0.1, 0.15) is 12.3 Å². The van der Waals surface area contributed by atoms with Crippen LogP contribution in [0, 0.1) is 28.6 Å². The maximum absolute atomic E-state index is 14.8. The van der Waals surface area contributed by atoms with Crippen LogP contribution in [0.25, 0.3) is 0 Å². The van der Waals surface area contributed by atoms with Crippen LogP contribution in [0.2, 0.25) is 0 Å². The highest BCUT2D eigenvalue weighted by Gasteiger charge is 2.62. The second kappa shape index (κ2) is 6.00. The fourth-order valence-corrected chi connectivity index (χ4v) is 7.47. The number of halogens is 1. The molecule has 0 heterocycles. The first-order chi connectivity index (χ1) is 12.0. The van der Waals surface area contributed by atoms with Gasteiger partial charge in [-0.05, 0) is 68.1 Å². The highest BCUT2D eigenvalue weighted by molar-refractivity contribution is 7.80. The minimum absolute atomic E-state index is 0.0458. The smallest absolute Gasteiger partial charge is 0.393 e. The molecule has 5 nitrogen and oxygen atoms in total. The molecule has 0 radical (unpaired) electrons. The third-order valence-corrected chi connectivity index (χ3v) is 8.65. The lowest BCUT2D eigenvalue weighted by Gasteiger charge is -2.57. The van der Waals surface area contributed by atoms with Gasteiger partial charge in [0, 0.05) is 5.41 Å². The molecule has 4 aliphatic carbocycles. The van der Waals surface area contributed by atoms with E-state index in [-0.39, 0.29) is 17.4 Å². The number of rotatable bonds is 2. The number of aliphatic hydroxyl groups excluding tert-OH is 1. The molecule has 7 heteroatoms. The summed E-state index contributed by atoms with van der Waals surface area (Å²) in [5.74, 6) is 0.778. The summed E-state index contributed by atoms with van der Waals surface area (Å²) in [7, 11) is -4.68. The molecule has 0 aromatic rings. The van der Waals surface area contributed by atoms with Gasteiger partial charge in [-0.25, -0.2) is 8.57 Å². The van der Waals surface area contributed by atoms with E-state index in [2.05, 4.69) is 13.0 Å². The molecule has 0 amide bonds. The van der Waals surface area contributed by atoms with Gasteiger partial charge in [-0.2, -0.15) is 8.42 Å². The summed E-state index contributed by atoms with van der Waals surface area (Å²) in [4.78, 5) is 0. The van der Waals surface area contributed by atoms with Crippen LogP contribution < -0.4 is 0 Å². The Bertz CT molecular complexity index is 721. The van der Waals surface area contributed by atoms with Gasteiger partial charge in [0.05, 0.1) is 6.10 Å². The first kappa shape index (κ1) is 18.8. The molecule has 3 fully saturated rings. The van der Waals surface area contributed by atoms with Gasteiger partial charge < -0.3 is 5.11 Å². The van der Waals surface area contributed by atoms with Crippen molar-refractivity contribution in [2.45, 2.75) is 77.2 Å². The van der Waals surface area contributed by atoms with Crippen LogP contribution in [0.4, 0.5) is 4.39 Å². The van der Waals surface area contributed by atoms with Crippen molar-refractivity contribution in [1.29, 1.82) is 0 Å². The average Bonchev–Trinajstić information content (AvgIpc) is 2.78. The van der Waals surface area contributed by atoms with E-state index in [1.165, 1.54) is 5.57 Å². The lowest BCUT2D eigenvalue weighted by Crippen LogP contribution is -2.51. The molecule has 148 valence electrons. The summed E-state index contributed by atoms with van der Waals surface area (Å²) in [6.07, 6.45) is 4.76. The molecule has 4 rings (SSSR count). The third-order valence-electron chi connectivity index (χ3n) is 8.20. The van der Waals surface area contributed by atoms with Crippen LogP contribution in [-0.2, 0) is 14.6 Å². The van der Waals surface area contributed by atoms with Gasteiger partial charge in [0.2, 0.25) is 0 Å². The number of alkyl halides is 1.